The van der Waals surface area contributed by atoms with Crippen LogP contribution >= 0.6 is 11.6 Å². The molecule has 112 valence electrons. The fraction of sp³-hybridized carbons (Fsp3) is 0.733. The number of hydrogen-bond donors (Lipinski definition) is 1. The van der Waals surface area contributed by atoms with E-state index >= 15 is 0 Å². The lowest BCUT2D eigenvalue weighted by Crippen LogP contribution is -2.47. The number of hydrogen-bond acceptors (Lipinski definition) is 4. The van der Waals surface area contributed by atoms with Crippen LogP contribution in [-0.2, 0) is 6.42 Å². The number of rotatable bonds is 6. The van der Waals surface area contributed by atoms with E-state index in [1.54, 1.807) is 0 Å². The molecule has 1 aromatic rings. The van der Waals surface area contributed by atoms with E-state index in [0.717, 1.165) is 31.0 Å². The lowest BCUT2D eigenvalue weighted by Gasteiger charge is -2.36. The summed E-state index contributed by atoms with van der Waals surface area (Å²) in [5.41, 5.74) is 0.252. The van der Waals surface area contributed by atoms with Crippen LogP contribution in [0.25, 0.3) is 0 Å². The lowest BCUT2D eigenvalue weighted by molar-refractivity contribution is 0.172. The van der Waals surface area contributed by atoms with Gasteiger partial charge in [-0.15, -0.1) is 0 Å². The highest BCUT2D eigenvalue weighted by Gasteiger charge is 2.35. The van der Waals surface area contributed by atoms with Crippen molar-refractivity contribution in [1.82, 2.24) is 14.9 Å². The van der Waals surface area contributed by atoms with Gasteiger partial charge in [0.05, 0.1) is 0 Å². The molecule has 0 saturated heterocycles. The summed E-state index contributed by atoms with van der Waals surface area (Å²) >= 11 is 6.08. The van der Waals surface area contributed by atoms with Crippen molar-refractivity contribution in [1.29, 1.82) is 0 Å². The fourth-order valence-corrected chi connectivity index (χ4v) is 3.16. The van der Waals surface area contributed by atoms with Crippen LogP contribution in [0.2, 0.25) is 5.15 Å². The van der Waals surface area contributed by atoms with Gasteiger partial charge in [-0.25, -0.2) is 9.97 Å². The van der Waals surface area contributed by atoms with Crippen LogP contribution in [0.4, 0.5) is 5.82 Å². The van der Waals surface area contributed by atoms with Crippen LogP contribution in [0.1, 0.15) is 44.9 Å². The largest absolute Gasteiger partial charge is 0.368 e. The predicted molar refractivity (Wildman–Crippen MR) is 84.4 cm³/mol. The van der Waals surface area contributed by atoms with Crippen LogP contribution in [0, 0.1) is 0 Å². The van der Waals surface area contributed by atoms with Gasteiger partial charge in [0.15, 0.2) is 0 Å². The van der Waals surface area contributed by atoms with E-state index in [2.05, 4.69) is 41.2 Å². The number of likely N-dealkylation sites (N-methyl/N-ethyl adjacent to an activating group) is 1. The van der Waals surface area contributed by atoms with Gasteiger partial charge in [0, 0.05) is 24.6 Å². The van der Waals surface area contributed by atoms with Gasteiger partial charge in [0.25, 0.3) is 0 Å². The highest BCUT2D eigenvalue weighted by Crippen LogP contribution is 2.33. The van der Waals surface area contributed by atoms with E-state index in [1.165, 1.54) is 25.7 Å². The minimum Gasteiger partial charge on any atom is -0.368 e. The van der Waals surface area contributed by atoms with E-state index in [1.807, 2.05) is 6.07 Å². The van der Waals surface area contributed by atoms with E-state index in [9.17, 15) is 0 Å². The fourth-order valence-electron chi connectivity index (χ4n) is 2.96. The van der Waals surface area contributed by atoms with Gasteiger partial charge >= 0.3 is 0 Å². The number of nitrogens with one attached hydrogen (secondary N) is 1. The van der Waals surface area contributed by atoms with E-state index in [0.29, 0.717) is 5.15 Å². The zero-order chi connectivity index (χ0) is 14.6. The van der Waals surface area contributed by atoms with Gasteiger partial charge in [0.1, 0.15) is 16.8 Å². The van der Waals surface area contributed by atoms with Gasteiger partial charge < -0.3 is 10.2 Å². The Kier molecular flexibility index (Phi) is 5.22. The van der Waals surface area contributed by atoms with Gasteiger partial charge in [0.2, 0.25) is 0 Å². The Balaban J connectivity index is 2.06. The molecule has 1 fully saturated rings. The van der Waals surface area contributed by atoms with Crippen LogP contribution < -0.4 is 5.32 Å². The van der Waals surface area contributed by atoms with Crippen LogP contribution in [0.3, 0.4) is 0 Å². The Morgan fingerprint density at radius 3 is 2.60 bits per heavy atom. The molecule has 0 atom stereocenters. The minimum atomic E-state index is 0.252. The predicted octanol–water partition coefficient (Wildman–Crippen LogP) is 3.37. The molecule has 1 N–H and O–H groups in total. The number of nitrogens with zero attached hydrogens (tertiary/aromatic N) is 3. The van der Waals surface area contributed by atoms with Crippen molar-refractivity contribution < 1.29 is 0 Å². The van der Waals surface area contributed by atoms with Crippen molar-refractivity contribution in [2.24, 2.45) is 0 Å². The van der Waals surface area contributed by atoms with E-state index < -0.39 is 0 Å². The summed E-state index contributed by atoms with van der Waals surface area (Å²) < 4.78 is 0. The normalized spacial score (nSPS) is 17.6. The number of halogens is 1. The van der Waals surface area contributed by atoms with Crippen LogP contribution in [0.5, 0.6) is 0 Å². The number of anilines is 1. The first-order valence-electron chi connectivity index (χ1n) is 7.50. The van der Waals surface area contributed by atoms with Crippen molar-refractivity contribution in [3.8, 4) is 0 Å². The summed E-state index contributed by atoms with van der Waals surface area (Å²) in [5.74, 6) is 1.68. The molecule has 0 radical (unpaired) electrons. The smallest absolute Gasteiger partial charge is 0.134 e. The first kappa shape index (κ1) is 15.5. The highest BCUT2D eigenvalue weighted by molar-refractivity contribution is 6.29. The standard InChI is InChI=1S/C15H25ClN4/c1-4-7-13-18-12(16)10-14(19-13)17-11-15(20(2)3)8-5-6-9-15/h10H,4-9,11H2,1-3H3,(H,17,18,19). The first-order valence-corrected chi connectivity index (χ1v) is 7.88. The average Bonchev–Trinajstić information content (AvgIpc) is 2.86. The van der Waals surface area contributed by atoms with Crippen molar-refractivity contribution in [2.75, 3.05) is 26.0 Å². The molecule has 0 spiro atoms. The second-order valence-electron chi connectivity index (χ2n) is 5.92. The molecule has 0 unspecified atom stereocenters. The molecule has 0 aliphatic heterocycles. The molecule has 0 amide bonds. The quantitative estimate of drug-likeness (QED) is 0.817. The molecule has 0 bridgehead atoms. The van der Waals surface area contributed by atoms with E-state index in [4.69, 9.17) is 11.6 Å². The Hall–Kier alpha value is -0.870. The summed E-state index contributed by atoms with van der Waals surface area (Å²) in [7, 11) is 4.34. The Labute approximate surface area is 126 Å². The second-order valence-corrected chi connectivity index (χ2v) is 6.31. The third kappa shape index (κ3) is 3.61. The van der Waals surface area contributed by atoms with Crippen molar-refractivity contribution in [3.63, 3.8) is 0 Å². The molecular weight excluding hydrogens is 272 g/mol. The van der Waals surface area contributed by atoms with Gasteiger partial charge in [-0.05, 0) is 33.4 Å². The van der Waals surface area contributed by atoms with Crippen LogP contribution in [0.15, 0.2) is 6.07 Å². The monoisotopic (exact) mass is 296 g/mol. The summed E-state index contributed by atoms with van der Waals surface area (Å²) in [6, 6.07) is 1.82. The molecule has 1 aliphatic carbocycles. The Morgan fingerprint density at radius 2 is 2.00 bits per heavy atom. The molecule has 1 heterocycles. The third-order valence-electron chi connectivity index (χ3n) is 4.30. The van der Waals surface area contributed by atoms with Crippen molar-refractivity contribution in [3.05, 3.63) is 17.0 Å². The second kappa shape index (κ2) is 6.72. The highest BCUT2D eigenvalue weighted by atomic mass is 35.5. The maximum atomic E-state index is 6.08. The number of aryl methyl sites for hydroxylation is 1. The van der Waals surface area contributed by atoms with E-state index in [-0.39, 0.29) is 5.54 Å². The minimum absolute atomic E-state index is 0.252. The summed E-state index contributed by atoms with van der Waals surface area (Å²) in [6.45, 7) is 3.04. The molecule has 1 saturated carbocycles. The topological polar surface area (TPSA) is 41.1 Å². The zero-order valence-corrected chi connectivity index (χ0v) is 13.5. The van der Waals surface area contributed by atoms with Gasteiger partial charge in [-0.2, -0.15) is 0 Å². The molecule has 2 rings (SSSR count). The Bertz CT molecular complexity index is 441. The molecular formula is C15H25ClN4. The molecule has 5 heteroatoms. The summed E-state index contributed by atoms with van der Waals surface area (Å²) in [5, 5.41) is 4.00. The zero-order valence-electron chi connectivity index (χ0n) is 12.7. The van der Waals surface area contributed by atoms with Crippen molar-refractivity contribution in [2.45, 2.75) is 51.0 Å². The molecule has 1 aromatic heterocycles. The van der Waals surface area contributed by atoms with Crippen LogP contribution in [-0.4, -0.2) is 41.0 Å². The maximum Gasteiger partial charge on any atom is 0.134 e. The molecule has 0 aromatic carbocycles. The first-order chi connectivity index (χ1) is 9.55. The molecule has 4 nitrogen and oxygen atoms in total. The van der Waals surface area contributed by atoms with Gasteiger partial charge in [-0.1, -0.05) is 31.4 Å². The summed E-state index contributed by atoms with van der Waals surface area (Å²) in [4.78, 5) is 11.2. The number of aromatic nitrogens is 2. The summed E-state index contributed by atoms with van der Waals surface area (Å²) in [6.07, 6.45) is 7.01. The SMILES string of the molecule is CCCc1nc(Cl)cc(NCC2(N(C)C)CCCC2)n1. The Morgan fingerprint density at radius 1 is 1.30 bits per heavy atom. The average molecular weight is 297 g/mol. The van der Waals surface area contributed by atoms with Gasteiger partial charge in [-0.3, -0.25) is 0 Å². The molecule has 1 aliphatic rings. The third-order valence-corrected chi connectivity index (χ3v) is 4.49. The lowest BCUT2D eigenvalue weighted by atomic mass is 9.96. The maximum absolute atomic E-state index is 6.08. The van der Waals surface area contributed by atoms with Crippen molar-refractivity contribution >= 4 is 17.4 Å². The molecule has 20 heavy (non-hydrogen) atoms.